The fourth-order valence-corrected chi connectivity index (χ4v) is 1.66. The molecule has 4 heteroatoms. The van der Waals surface area contributed by atoms with E-state index in [4.69, 9.17) is 0 Å². The van der Waals surface area contributed by atoms with Gasteiger partial charge in [0.25, 0.3) is 0 Å². The van der Waals surface area contributed by atoms with Gasteiger partial charge in [0.05, 0.1) is 6.61 Å². The van der Waals surface area contributed by atoms with Gasteiger partial charge >= 0.3 is 0 Å². The molecule has 0 amide bonds. The number of aryl methyl sites for hydroxylation is 1. The molecule has 1 aromatic heterocycles. The molecular weight excluding hydrogens is 214 g/mol. The molecule has 0 saturated carbocycles. The van der Waals surface area contributed by atoms with E-state index in [-0.39, 0.29) is 6.61 Å². The molecule has 0 spiro atoms. The van der Waals surface area contributed by atoms with Crippen LogP contribution in [-0.2, 0) is 6.61 Å². The highest BCUT2D eigenvalue weighted by molar-refractivity contribution is 5.61. The minimum Gasteiger partial charge on any atom is -0.391 e. The van der Waals surface area contributed by atoms with Crippen LogP contribution >= 0.6 is 0 Å². The van der Waals surface area contributed by atoms with Crippen LogP contribution in [0.4, 0.5) is 11.5 Å². The number of nitrogens with zero attached hydrogens (tertiary/aromatic N) is 3. The first-order chi connectivity index (χ1) is 8.22. The Bertz CT molecular complexity index is 496. The van der Waals surface area contributed by atoms with Crippen LogP contribution in [0.15, 0.2) is 36.8 Å². The van der Waals surface area contributed by atoms with Crippen molar-refractivity contribution in [2.45, 2.75) is 13.5 Å². The molecule has 0 radical (unpaired) electrons. The van der Waals surface area contributed by atoms with E-state index in [2.05, 4.69) is 9.97 Å². The average Bonchev–Trinajstić information content (AvgIpc) is 2.39. The zero-order valence-electron chi connectivity index (χ0n) is 9.96. The van der Waals surface area contributed by atoms with E-state index in [0.717, 1.165) is 17.1 Å². The normalized spacial score (nSPS) is 10.3. The van der Waals surface area contributed by atoms with Crippen molar-refractivity contribution in [2.24, 2.45) is 0 Å². The van der Waals surface area contributed by atoms with E-state index in [1.807, 2.05) is 43.1 Å². The summed E-state index contributed by atoms with van der Waals surface area (Å²) in [5, 5.41) is 9.25. The first-order valence-electron chi connectivity index (χ1n) is 5.42. The second-order valence-electron chi connectivity index (χ2n) is 3.92. The zero-order chi connectivity index (χ0) is 12.3. The van der Waals surface area contributed by atoms with Gasteiger partial charge in [0.1, 0.15) is 12.1 Å². The van der Waals surface area contributed by atoms with Crippen LogP contribution in [0, 0.1) is 6.92 Å². The van der Waals surface area contributed by atoms with Gasteiger partial charge in [0, 0.05) is 24.5 Å². The van der Waals surface area contributed by atoms with Crippen LogP contribution in [0.1, 0.15) is 11.1 Å². The third-order valence-corrected chi connectivity index (χ3v) is 2.67. The van der Waals surface area contributed by atoms with Crippen LogP contribution in [0.25, 0.3) is 0 Å². The Hall–Kier alpha value is -1.94. The molecule has 1 heterocycles. The maximum Gasteiger partial charge on any atom is 0.141 e. The highest BCUT2D eigenvalue weighted by Crippen LogP contribution is 2.24. The second-order valence-corrected chi connectivity index (χ2v) is 3.92. The summed E-state index contributed by atoms with van der Waals surface area (Å²) >= 11 is 0. The number of benzene rings is 1. The first kappa shape index (κ1) is 11.5. The second kappa shape index (κ2) is 4.93. The van der Waals surface area contributed by atoms with E-state index in [9.17, 15) is 5.11 Å². The van der Waals surface area contributed by atoms with Crippen molar-refractivity contribution in [2.75, 3.05) is 11.9 Å². The van der Waals surface area contributed by atoms with Crippen molar-refractivity contribution in [3.63, 3.8) is 0 Å². The molecule has 0 atom stereocenters. The van der Waals surface area contributed by atoms with Gasteiger partial charge in [-0.15, -0.1) is 0 Å². The molecule has 0 fully saturated rings. The van der Waals surface area contributed by atoms with E-state index < -0.39 is 0 Å². The largest absolute Gasteiger partial charge is 0.391 e. The monoisotopic (exact) mass is 229 g/mol. The predicted octanol–water partition coefficient (Wildman–Crippen LogP) is 2.05. The number of hydrogen-bond acceptors (Lipinski definition) is 4. The SMILES string of the molecule is Cc1ccc(N(C)c2ncncc2CO)cc1. The summed E-state index contributed by atoms with van der Waals surface area (Å²) in [5.74, 6) is 0.728. The number of aromatic nitrogens is 2. The van der Waals surface area contributed by atoms with Gasteiger partial charge in [-0.25, -0.2) is 9.97 Å². The fraction of sp³-hybridized carbons (Fsp3) is 0.231. The van der Waals surface area contributed by atoms with Crippen LogP contribution in [0.2, 0.25) is 0 Å². The van der Waals surface area contributed by atoms with Crippen LogP contribution in [0.5, 0.6) is 0 Å². The molecule has 0 unspecified atom stereocenters. The minimum absolute atomic E-state index is 0.0631. The lowest BCUT2D eigenvalue weighted by molar-refractivity contribution is 0.281. The zero-order valence-corrected chi connectivity index (χ0v) is 9.96. The average molecular weight is 229 g/mol. The standard InChI is InChI=1S/C13H15N3O/c1-10-3-5-12(6-4-10)16(2)13-11(8-17)7-14-9-15-13/h3-7,9,17H,8H2,1-2H3. The summed E-state index contributed by atoms with van der Waals surface area (Å²) in [4.78, 5) is 10.0. The quantitative estimate of drug-likeness (QED) is 0.875. The van der Waals surface area contributed by atoms with Crippen LogP contribution < -0.4 is 4.90 Å². The lowest BCUT2D eigenvalue weighted by Gasteiger charge is -2.20. The Morgan fingerprint density at radius 2 is 1.94 bits per heavy atom. The van der Waals surface area contributed by atoms with Crippen molar-refractivity contribution in [1.82, 2.24) is 9.97 Å². The Morgan fingerprint density at radius 1 is 1.24 bits per heavy atom. The topological polar surface area (TPSA) is 49.2 Å². The predicted molar refractivity (Wildman–Crippen MR) is 67.2 cm³/mol. The smallest absolute Gasteiger partial charge is 0.141 e. The Balaban J connectivity index is 2.36. The summed E-state index contributed by atoms with van der Waals surface area (Å²) in [6.45, 7) is 1.99. The van der Waals surface area contributed by atoms with Gasteiger partial charge in [-0.1, -0.05) is 17.7 Å². The number of aliphatic hydroxyl groups is 1. The lowest BCUT2D eigenvalue weighted by Crippen LogP contribution is -2.13. The summed E-state index contributed by atoms with van der Waals surface area (Å²) in [7, 11) is 1.92. The molecule has 4 nitrogen and oxygen atoms in total. The molecule has 2 rings (SSSR count). The summed E-state index contributed by atoms with van der Waals surface area (Å²) in [6.07, 6.45) is 3.12. The molecule has 88 valence electrons. The molecule has 0 saturated heterocycles. The first-order valence-corrected chi connectivity index (χ1v) is 5.42. The van der Waals surface area contributed by atoms with Crippen molar-refractivity contribution in [3.05, 3.63) is 47.9 Å². The van der Waals surface area contributed by atoms with E-state index in [0.29, 0.717) is 0 Å². The number of anilines is 2. The van der Waals surface area contributed by atoms with Crippen molar-refractivity contribution in [3.8, 4) is 0 Å². The van der Waals surface area contributed by atoms with Gasteiger partial charge in [-0.2, -0.15) is 0 Å². The van der Waals surface area contributed by atoms with Crippen molar-refractivity contribution in [1.29, 1.82) is 0 Å². The number of hydrogen-bond donors (Lipinski definition) is 1. The minimum atomic E-state index is -0.0631. The van der Waals surface area contributed by atoms with E-state index in [1.54, 1.807) is 6.20 Å². The molecular formula is C13H15N3O. The maximum atomic E-state index is 9.25. The summed E-state index contributed by atoms with van der Waals surface area (Å²) in [5.41, 5.74) is 2.96. The van der Waals surface area contributed by atoms with Crippen molar-refractivity contribution >= 4 is 11.5 Å². The maximum absolute atomic E-state index is 9.25. The highest BCUT2D eigenvalue weighted by Gasteiger charge is 2.09. The molecule has 1 N–H and O–H groups in total. The Kier molecular flexibility index (Phi) is 3.35. The molecule has 0 aliphatic heterocycles. The third kappa shape index (κ3) is 2.42. The molecule has 0 aliphatic rings. The van der Waals surface area contributed by atoms with Crippen molar-refractivity contribution < 1.29 is 5.11 Å². The van der Waals surface area contributed by atoms with E-state index >= 15 is 0 Å². The van der Waals surface area contributed by atoms with Crippen LogP contribution in [0.3, 0.4) is 0 Å². The molecule has 2 aromatic rings. The van der Waals surface area contributed by atoms with Gasteiger partial charge in [0.2, 0.25) is 0 Å². The molecule has 0 bridgehead atoms. The summed E-state index contributed by atoms with van der Waals surface area (Å²) < 4.78 is 0. The van der Waals surface area contributed by atoms with E-state index in [1.165, 1.54) is 11.9 Å². The lowest BCUT2D eigenvalue weighted by atomic mass is 10.2. The van der Waals surface area contributed by atoms with Gasteiger partial charge in [-0.05, 0) is 19.1 Å². The highest BCUT2D eigenvalue weighted by atomic mass is 16.3. The number of rotatable bonds is 3. The number of aliphatic hydroxyl groups excluding tert-OH is 1. The van der Waals surface area contributed by atoms with Gasteiger partial charge in [0.15, 0.2) is 0 Å². The molecule has 17 heavy (non-hydrogen) atoms. The Labute approximate surface area is 101 Å². The summed E-state index contributed by atoms with van der Waals surface area (Å²) in [6, 6.07) is 8.15. The van der Waals surface area contributed by atoms with Crippen LogP contribution in [-0.4, -0.2) is 22.1 Å². The Morgan fingerprint density at radius 3 is 2.59 bits per heavy atom. The van der Waals surface area contributed by atoms with Gasteiger partial charge < -0.3 is 10.0 Å². The van der Waals surface area contributed by atoms with Gasteiger partial charge in [-0.3, -0.25) is 0 Å². The third-order valence-electron chi connectivity index (χ3n) is 2.67. The molecule has 1 aromatic carbocycles. The fourth-order valence-electron chi connectivity index (χ4n) is 1.66. The molecule has 0 aliphatic carbocycles.